The molecule has 1 amide bonds. The Morgan fingerprint density at radius 1 is 1.18 bits per heavy atom. The van der Waals surface area contributed by atoms with Gasteiger partial charge in [-0.3, -0.25) is 4.79 Å². The lowest BCUT2D eigenvalue weighted by atomic mass is 9.92. The lowest BCUT2D eigenvalue weighted by molar-refractivity contribution is -0.137. The van der Waals surface area contributed by atoms with E-state index in [0.29, 0.717) is 0 Å². The van der Waals surface area contributed by atoms with Crippen molar-refractivity contribution in [1.29, 1.82) is 0 Å². The first-order valence-corrected chi connectivity index (χ1v) is 7.71. The number of carbonyl (C=O) groups is 1. The molecule has 1 aliphatic rings. The molecule has 0 unspecified atom stereocenters. The van der Waals surface area contributed by atoms with E-state index in [1.807, 2.05) is 0 Å². The lowest BCUT2D eigenvalue weighted by Crippen LogP contribution is -2.40. The van der Waals surface area contributed by atoms with Crippen molar-refractivity contribution in [3.8, 4) is 0 Å². The largest absolute Gasteiger partial charge is 0.416 e. The van der Waals surface area contributed by atoms with Crippen LogP contribution in [-0.2, 0) is 6.18 Å². The molecule has 0 radical (unpaired) electrons. The van der Waals surface area contributed by atoms with E-state index in [-0.39, 0.29) is 34.8 Å². The maximum Gasteiger partial charge on any atom is 0.416 e. The Hall–Kier alpha value is -0.930. The van der Waals surface area contributed by atoms with E-state index in [1.54, 1.807) is 22.6 Å². The van der Waals surface area contributed by atoms with Gasteiger partial charge in [-0.2, -0.15) is 13.2 Å². The van der Waals surface area contributed by atoms with Crippen molar-refractivity contribution in [2.24, 2.45) is 0 Å². The predicted octanol–water partition coefficient (Wildman–Crippen LogP) is 4.62. The monoisotopic (exact) mass is 433 g/mol. The van der Waals surface area contributed by atoms with Crippen molar-refractivity contribution in [3.05, 3.63) is 32.9 Å². The van der Waals surface area contributed by atoms with Gasteiger partial charge in [0, 0.05) is 28.0 Å². The highest BCUT2D eigenvalue weighted by Crippen LogP contribution is 2.34. The Labute approximate surface area is 137 Å². The molecule has 8 heteroatoms. The second-order valence-electron chi connectivity index (χ2n) is 5.33. The molecule has 0 aromatic heterocycles. The van der Waals surface area contributed by atoms with E-state index < -0.39 is 29.6 Å². The van der Waals surface area contributed by atoms with E-state index in [9.17, 15) is 26.7 Å². The Morgan fingerprint density at radius 2 is 1.77 bits per heavy atom. The molecule has 22 heavy (non-hydrogen) atoms. The summed E-state index contributed by atoms with van der Waals surface area (Å²) in [4.78, 5) is 12.0. The third kappa shape index (κ3) is 4.53. The second-order valence-corrected chi connectivity index (χ2v) is 6.58. The van der Waals surface area contributed by atoms with Gasteiger partial charge in [0.25, 0.3) is 5.91 Å². The quantitative estimate of drug-likeness (QED) is 0.536. The normalized spacial score (nSPS) is 19.0. The minimum absolute atomic E-state index is 0.114. The summed E-state index contributed by atoms with van der Waals surface area (Å²) in [7, 11) is 0. The van der Waals surface area contributed by atoms with Crippen LogP contribution in [0, 0.1) is 3.57 Å². The lowest BCUT2D eigenvalue weighted by Gasteiger charge is -2.28. The van der Waals surface area contributed by atoms with Crippen LogP contribution in [-0.4, -0.2) is 17.9 Å². The minimum atomic E-state index is -4.54. The average Bonchev–Trinajstić information content (AvgIpc) is 2.39. The fraction of sp³-hybridized carbons (Fsp3) is 0.500. The molecule has 0 heterocycles. The third-order valence-corrected chi connectivity index (χ3v) is 4.16. The summed E-state index contributed by atoms with van der Waals surface area (Å²) in [5, 5.41) is 2.54. The van der Waals surface area contributed by atoms with Gasteiger partial charge in [-0.1, -0.05) is 0 Å². The van der Waals surface area contributed by atoms with Gasteiger partial charge >= 0.3 is 6.18 Å². The van der Waals surface area contributed by atoms with Gasteiger partial charge in [-0.25, -0.2) is 8.78 Å². The van der Waals surface area contributed by atoms with Gasteiger partial charge in [-0.05, 0) is 53.6 Å². The summed E-state index contributed by atoms with van der Waals surface area (Å²) in [5.41, 5.74) is -1.02. The first-order chi connectivity index (χ1) is 10.1. The number of hydrogen-bond donors (Lipinski definition) is 1. The number of nitrogens with one attached hydrogen (secondary N) is 1. The molecule has 0 spiro atoms. The van der Waals surface area contributed by atoms with Gasteiger partial charge < -0.3 is 5.32 Å². The number of alkyl halides is 5. The fourth-order valence-corrected chi connectivity index (χ4v) is 3.01. The fourth-order valence-electron chi connectivity index (χ4n) is 2.34. The van der Waals surface area contributed by atoms with E-state index in [4.69, 9.17) is 0 Å². The zero-order valence-electron chi connectivity index (χ0n) is 11.3. The van der Waals surface area contributed by atoms with E-state index in [2.05, 4.69) is 5.32 Å². The van der Waals surface area contributed by atoms with Crippen LogP contribution in [0.25, 0.3) is 0 Å². The molecule has 1 saturated carbocycles. The van der Waals surface area contributed by atoms with Gasteiger partial charge in [0.15, 0.2) is 0 Å². The van der Waals surface area contributed by atoms with E-state index in [0.717, 1.165) is 12.1 Å². The van der Waals surface area contributed by atoms with Crippen molar-refractivity contribution >= 4 is 28.5 Å². The van der Waals surface area contributed by atoms with Crippen LogP contribution in [0.4, 0.5) is 22.0 Å². The molecule has 1 aromatic carbocycles. The molecule has 2 nitrogen and oxygen atoms in total. The molecule has 1 fully saturated rings. The van der Waals surface area contributed by atoms with Crippen LogP contribution in [0.3, 0.4) is 0 Å². The molecule has 2 rings (SSSR count). The Morgan fingerprint density at radius 3 is 2.32 bits per heavy atom. The van der Waals surface area contributed by atoms with Crippen LogP contribution in [0.5, 0.6) is 0 Å². The van der Waals surface area contributed by atoms with Crippen LogP contribution in [0.1, 0.15) is 41.6 Å². The first kappa shape index (κ1) is 17.4. The Kier molecular flexibility index (Phi) is 4.98. The number of hydrogen-bond acceptors (Lipinski definition) is 1. The molecule has 122 valence electrons. The molecule has 1 N–H and O–H groups in total. The number of benzene rings is 1. The Bertz CT molecular complexity index is 563. The summed E-state index contributed by atoms with van der Waals surface area (Å²) in [6, 6.07) is 2.62. The highest BCUT2D eigenvalue weighted by Gasteiger charge is 2.36. The highest BCUT2D eigenvalue weighted by molar-refractivity contribution is 14.1. The summed E-state index contributed by atoms with van der Waals surface area (Å²) in [6.07, 6.45) is -4.94. The summed E-state index contributed by atoms with van der Waals surface area (Å²) < 4.78 is 64.6. The third-order valence-electron chi connectivity index (χ3n) is 3.54. The summed E-state index contributed by atoms with van der Waals surface area (Å²) in [6.45, 7) is 0. The van der Waals surface area contributed by atoms with Crippen LogP contribution >= 0.6 is 22.6 Å². The SMILES string of the molecule is O=C(NC1CCC(F)(F)CC1)c1cc(I)cc(C(F)(F)F)c1. The predicted molar refractivity (Wildman–Crippen MR) is 78.8 cm³/mol. The smallest absolute Gasteiger partial charge is 0.349 e. The van der Waals surface area contributed by atoms with Crippen molar-refractivity contribution in [1.82, 2.24) is 5.32 Å². The molecule has 0 atom stereocenters. The second kappa shape index (κ2) is 6.29. The molecular formula is C14H13F5INO. The molecule has 0 aliphatic heterocycles. The molecule has 0 saturated heterocycles. The maximum absolute atomic E-state index is 13.0. The van der Waals surface area contributed by atoms with Crippen molar-refractivity contribution < 1.29 is 26.7 Å². The first-order valence-electron chi connectivity index (χ1n) is 6.63. The summed E-state index contributed by atoms with van der Waals surface area (Å²) >= 11 is 1.70. The number of rotatable bonds is 2. The number of halogens is 6. The highest BCUT2D eigenvalue weighted by atomic mass is 127. The van der Waals surface area contributed by atoms with E-state index in [1.165, 1.54) is 6.07 Å². The van der Waals surface area contributed by atoms with Crippen molar-refractivity contribution in [3.63, 3.8) is 0 Å². The van der Waals surface area contributed by atoms with Gasteiger partial charge in [-0.15, -0.1) is 0 Å². The van der Waals surface area contributed by atoms with Gasteiger partial charge in [0.2, 0.25) is 5.92 Å². The zero-order valence-corrected chi connectivity index (χ0v) is 13.5. The van der Waals surface area contributed by atoms with Crippen molar-refractivity contribution in [2.75, 3.05) is 0 Å². The average molecular weight is 433 g/mol. The number of carbonyl (C=O) groups excluding carboxylic acids is 1. The molecule has 0 bridgehead atoms. The van der Waals surface area contributed by atoms with Crippen LogP contribution in [0.2, 0.25) is 0 Å². The van der Waals surface area contributed by atoms with Gasteiger partial charge in [0.1, 0.15) is 0 Å². The van der Waals surface area contributed by atoms with Crippen molar-refractivity contribution in [2.45, 2.75) is 43.8 Å². The minimum Gasteiger partial charge on any atom is -0.349 e. The van der Waals surface area contributed by atoms with Crippen LogP contribution in [0.15, 0.2) is 18.2 Å². The topological polar surface area (TPSA) is 29.1 Å². The van der Waals surface area contributed by atoms with Gasteiger partial charge in [0.05, 0.1) is 5.56 Å². The van der Waals surface area contributed by atoms with E-state index >= 15 is 0 Å². The maximum atomic E-state index is 13.0. The zero-order chi connectivity index (χ0) is 16.5. The molecule has 1 aliphatic carbocycles. The molecule has 1 aromatic rings. The van der Waals surface area contributed by atoms with Crippen LogP contribution < -0.4 is 5.32 Å². The Balaban J connectivity index is 2.09. The molecular weight excluding hydrogens is 420 g/mol. The standard InChI is InChI=1S/C14H13F5INO/c15-13(16)3-1-11(2-4-13)21-12(22)8-5-9(14(17,18)19)7-10(20)6-8/h5-7,11H,1-4H2,(H,21,22). The summed E-state index contributed by atoms with van der Waals surface area (Å²) in [5.74, 6) is -3.38. The number of amides is 1.